The van der Waals surface area contributed by atoms with Gasteiger partial charge in [0.05, 0.1) is 23.0 Å². The molecule has 0 unspecified atom stereocenters. The van der Waals surface area contributed by atoms with E-state index in [2.05, 4.69) is 11.6 Å². The number of rotatable bonds is 9. The molecular formula is C27H27F3N6O4S. The van der Waals surface area contributed by atoms with E-state index < -0.39 is 59.3 Å². The lowest BCUT2D eigenvalue weighted by molar-refractivity contribution is -0.122. The third-order valence-electron chi connectivity index (χ3n) is 6.17. The Labute approximate surface area is 239 Å². The van der Waals surface area contributed by atoms with Gasteiger partial charge in [0.1, 0.15) is 18.8 Å². The number of thiocarbonyl (C=S) groups is 1. The Hall–Kier alpha value is -4.35. The summed E-state index contributed by atoms with van der Waals surface area (Å²) in [5.74, 6) is -6.62. The molecule has 2 amide bonds. The Morgan fingerprint density at radius 3 is 2.46 bits per heavy atom. The minimum atomic E-state index is -3.39. The molecule has 216 valence electrons. The average molecular weight is 589 g/mol. The first-order chi connectivity index (χ1) is 19.0. The number of pyridine rings is 1. The summed E-state index contributed by atoms with van der Waals surface area (Å²) in [4.78, 5) is 44.0. The standard InChI is InChI=1S/C27H27F3N6O4S/c1-6-15(2)33-23-20(28)10-18(12-34(23)22(38)14-40-13-21(32)37)36-25(41)35(24(39)26(36,3)4)17-8-7-16(11-31)19(9-17)27(5,29)30/h7-10,12H,2,6,13-14H2,1,3-5H3,(H2,32,37)/b33-23-. The van der Waals surface area contributed by atoms with Crippen molar-refractivity contribution in [2.24, 2.45) is 10.7 Å². The second kappa shape index (κ2) is 11.6. The monoisotopic (exact) mass is 588 g/mol. The fraction of sp³-hybridized carbons (Fsp3) is 0.333. The van der Waals surface area contributed by atoms with E-state index in [1.54, 1.807) is 13.0 Å². The van der Waals surface area contributed by atoms with Crippen LogP contribution >= 0.6 is 12.2 Å². The van der Waals surface area contributed by atoms with Crippen LogP contribution < -0.4 is 21.0 Å². The van der Waals surface area contributed by atoms with Crippen molar-refractivity contribution in [1.82, 2.24) is 4.57 Å². The van der Waals surface area contributed by atoms with Gasteiger partial charge in [-0.3, -0.25) is 23.9 Å². The molecule has 1 saturated heterocycles. The molecule has 2 heterocycles. The van der Waals surface area contributed by atoms with Crippen molar-refractivity contribution in [3.63, 3.8) is 0 Å². The third kappa shape index (κ3) is 6.21. The molecule has 0 radical (unpaired) electrons. The summed E-state index contributed by atoms with van der Waals surface area (Å²) >= 11 is 5.57. The number of primary amides is 1. The molecule has 1 aliphatic heterocycles. The van der Waals surface area contributed by atoms with Crippen LogP contribution in [0.15, 0.2) is 47.7 Å². The molecule has 41 heavy (non-hydrogen) atoms. The maximum atomic E-state index is 15.5. The van der Waals surface area contributed by atoms with Gasteiger partial charge in [0.15, 0.2) is 16.4 Å². The number of ether oxygens (including phenoxy) is 1. The van der Waals surface area contributed by atoms with Crippen molar-refractivity contribution >= 4 is 46.4 Å². The fourth-order valence-electron chi connectivity index (χ4n) is 4.09. The van der Waals surface area contributed by atoms with Gasteiger partial charge in [0.25, 0.3) is 17.7 Å². The molecule has 2 aromatic rings. The normalized spacial score (nSPS) is 15.3. The summed E-state index contributed by atoms with van der Waals surface area (Å²) in [6.45, 7) is 7.82. The molecular weight excluding hydrogens is 561 g/mol. The zero-order valence-corrected chi connectivity index (χ0v) is 23.5. The number of hydrogen-bond donors (Lipinski definition) is 1. The minimum absolute atomic E-state index is 0.0266. The van der Waals surface area contributed by atoms with Crippen molar-refractivity contribution < 1.29 is 32.3 Å². The number of nitrogens with zero attached hydrogens (tertiary/aromatic N) is 5. The van der Waals surface area contributed by atoms with E-state index in [-0.39, 0.29) is 27.7 Å². The number of nitriles is 1. The van der Waals surface area contributed by atoms with E-state index in [4.69, 9.17) is 22.7 Å². The maximum absolute atomic E-state index is 15.5. The van der Waals surface area contributed by atoms with Gasteiger partial charge in [-0.15, -0.1) is 0 Å². The first kappa shape index (κ1) is 31.2. The average Bonchev–Trinajstić information content (AvgIpc) is 3.06. The van der Waals surface area contributed by atoms with Gasteiger partial charge in [0, 0.05) is 30.4 Å². The molecule has 14 heteroatoms. The molecule has 2 N–H and O–H groups in total. The molecule has 1 aromatic heterocycles. The molecule has 1 fully saturated rings. The van der Waals surface area contributed by atoms with Gasteiger partial charge in [-0.2, -0.15) is 5.26 Å². The zero-order valence-electron chi connectivity index (χ0n) is 22.7. The van der Waals surface area contributed by atoms with Crippen LogP contribution in [0.3, 0.4) is 0 Å². The number of aromatic nitrogens is 1. The Kier molecular flexibility index (Phi) is 8.85. The molecule has 0 saturated carbocycles. The number of nitrogens with two attached hydrogens (primary N) is 1. The molecule has 10 nitrogen and oxygen atoms in total. The first-order valence-corrected chi connectivity index (χ1v) is 12.6. The number of hydrogen-bond acceptors (Lipinski definition) is 7. The minimum Gasteiger partial charge on any atom is -0.368 e. The van der Waals surface area contributed by atoms with Crippen LogP contribution in [0, 0.1) is 17.1 Å². The number of amides is 2. The highest BCUT2D eigenvalue weighted by atomic mass is 32.1. The maximum Gasteiger partial charge on any atom is 0.271 e. The number of anilines is 2. The van der Waals surface area contributed by atoms with E-state index in [0.717, 1.165) is 27.7 Å². The second-order valence-electron chi connectivity index (χ2n) is 9.67. The van der Waals surface area contributed by atoms with Gasteiger partial charge in [-0.1, -0.05) is 13.5 Å². The molecule has 1 aromatic carbocycles. The number of carbonyl (C=O) groups excluding carboxylic acids is 3. The van der Waals surface area contributed by atoms with E-state index >= 15 is 4.39 Å². The summed E-state index contributed by atoms with van der Waals surface area (Å²) in [7, 11) is 0. The lowest BCUT2D eigenvalue weighted by atomic mass is 10.0. The highest BCUT2D eigenvalue weighted by Gasteiger charge is 2.51. The highest BCUT2D eigenvalue weighted by Crippen LogP contribution is 2.39. The van der Waals surface area contributed by atoms with Crippen molar-refractivity contribution in [2.45, 2.75) is 45.6 Å². The first-order valence-electron chi connectivity index (χ1n) is 12.2. The summed E-state index contributed by atoms with van der Waals surface area (Å²) in [5.41, 5.74) is 2.50. The predicted molar refractivity (Wildman–Crippen MR) is 147 cm³/mol. The Morgan fingerprint density at radius 1 is 1.24 bits per heavy atom. The molecule has 0 spiro atoms. The van der Waals surface area contributed by atoms with Crippen LogP contribution in [0.5, 0.6) is 0 Å². The molecule has 0 aliphatic carbocycles. The summed E-state index contributed by atoms with van der Waals surface area (Å²) < 4.78 is 49.9. The number of halogens is 3. The van der Waals surface area contributed by atoms with E-state index in [9.17, 15) is 28.4 Å². The van der Waals surface area contributed by atoms with E-state index in [1.807, 2.05) is 0 Å². The zero-order chi connectivity index (χ0) is 30.9. The highest BCUT2D eigenvalue weighted by molar-refractivity contribution is 7.81. The van der Waals surface area contributed by atoms with Crippen LogP contribution in [-0.4, -0.2) is 46.2 Å². The van der Waals surface area contributed by atoms with Crippen LogP contribution in [0.2, 0.25) is 0 Å². The SMILES string of the molecule is C=C(CC)/N=c1/c(F)cc(N2C(=S)N(c3ccc(C#N)c(C(C)(F)F)c3)C(=O)C2(C)C)cn1C(=O)COCC(N)=O. The van der Waals surface area contributed by atoms with Crippen LogP contribution in [0.1, 0.15) is 50.0 Å². The molecule has 1 aliphatic rings. The quantitative estimate of drug-likeness (QED) is 0.443. The largest absolute Gasteiger partial charge is 0.368 e. The van der Waals surface area contributed by atoms with Gasteiger partial charge in [-0.25, -0.2) is 18.2 Å². The predicted octanol–water partition coefficient (Wildman–Crippen LogP) is 3.49. The number of carbonyl (C=O) groups is 3. The Morgan fingerprint density at radius 2 is 1.90 bits per heavy atom. The summed E-state index contributed by atoms with van der Waals surface area (Å²) in [5, 5.41) is 9.08. The number of alkyl halides is 2. The fourth-order valence-corrected chi connectivity index (χ4v) is 4.61. The van der Waals surface area contributed by atoms with Gasteiger partial charge in [0.2, 0.25) is 5.91 Å². The molecule has 3 rings (SSSR count). The molecule has 0 bridgehead atoms. The van der Waals surface area contributed by atoms with Crippen molar-refractivity contribution in [1.29, 1.82) is 5.26 Å². The van der Waals surface area contributed by atoms with Gasteiger partial charge < -0.3 is 15.4 Å². The second-order valence-corrected chi connectivity index (χ2v) is 10.0. The van der Waals surface area contributed by atoms with Crippen LogP contribution in [-0.2, 0) is 20.2 Å². The van der Waals surface area contributed by atoms with Crippen molar-refractivity contribution in [3.05, 3.63) is 65.2 Å². The Balaban J connectivity index is 2.17. The van der Waals surface area contributed by atoms with Gasteiger partial charge in [-0.05, 0) is 50.7 Å². The summed E-state index contributed by atoms with van der Waals surface area (Å²) in [6.07, 6.45) is 1.54. The lowest BCUT2D eigenvalue weighted by Crippen LogP contribution is -2.45. The smallest absolute Gasteiger partial charge is 0.271 e. The number of benzene rings is 1. The summed E-state index contributed by atoms with van der Waals surface area (Å²) in [6, 6.07) is 6.18. The van der Waals surface area contributed by atoms with Gasteiger partial charge >= 0.3 is 0 Å². The molecule has 0 atom stereocenters. The van der Waals surface area contributed by atoms with Crippen LogP contribution in [0.25, 0.3) is 0 Å². The van der Waals surface area contributed by atoms with Crippen molar-refractivity contribution in [3.8, 4) is 6.07 Å². The lowest BCUT2D eigenvalue weighted by Gasteiger charge is -2.30. The van der Waals surface area contributed by atoms with Crippen LogP contribution in [0.4, 0.5) is 24.5 Å². The topological polar surface area (TPSA) is 134 Å². The Bertz CT molecular complexity index is 1570. The van der Waals surface area contributed by atoms with E-state index in [1.165, 1.54) is 31.0 Å². The van der Waals surface area contributed by atoms with Crippen molar-refractivity contribution in [2.75, 3.05) is 23.0 Å². The van der Waals surface area contributed by atoms with E-state index in [0.29, 0.717) is 13.3 Å². The number of allylic oxidation sites excluding steroid dienone is 1. The third-order valence-corrected chi connectivity index (χ3v) is 6.53.